The van der Waals surface area contributed by atoms with Gasteiger partial charge in [-0.15, -0.1) is 0 Å². The first kappa shape index (κ1) is 9.68. The van der Waals surface area contributed by atoms with E-state index in [2.05, 4.69) is 0 Å². The average molecular weight is 211 g/mol. The van der Waals surface area contributed by atoms with E-state index in [-0.39, 0.29) is 5.91 Å². The van der Waals surface area contributed by atoms with Crippen molar-refractivity contribution in [3.8, 4) is 0 Å². The summed E-state index contributed by atoms with van der Waals surface area (Å²) in [5.41, 5.74) is 1.11. The van der Waals surface area contributed by atoms with Gasteiger partial charge in [-0.3, -0.25) is 4.79 Å². The van der Waals surface area contributed by atoms with Crippen molar-refractivity contribution in [3.63, 3.8) is 0 Å². The lowest BCUT2D eigenvalue weighted by Crippen LogP contribution is -2.61. The molecule has 1 aliphatic heterocycles. The Balaban J connectivity index is 2.08. The lowest BCUT2D eigenvalue weighted by atomic mass is 9.96. The topological polar surface area (TPSA) is 40.5 Å². The van der Waals surface area contributed by atoms with E-state index in [9.17, 15) is 9.90 Å². The first-order valence-corrected chi connectivity index (χ1v) is 5.48. The fourth-order valence-electron chi connectivity index (χ4n) is 1.67. The van der Waals surface area contributed by atoms with Gasteiger partial charge in [0.05, 0.1) is 24.3 Å². The van der Waals surface area contributed by atoms with E-state index < -0.39 is 5.60 Å². The second kappa shape index (κ2) is 3.07. The number of aliphatic hydroxyl groups is 1. The fraction of sp³-hybridized carbons (Fsp3) is 0.500. The monoisotopic (exact) mass is 211 g/mol. The summed E-state index contributed by atoms with van der Waals surface area (Å²) in [4.78, 5) is 13.5. The molecule has 0 atom stereocenters. The van der Waals surface area contributed by atoms with Crippen molar-refractivity contribution < 1.29 is 9.90 Å². The number of nitrogens with zero attached hydrogens (tertiary/aromatic N) is 1. The number of hydrogen-bond acceptors (Lipinski definition) is 3. The number of rotatable bonds is 1. The fourth-order valence-corrected chi connectivity index (χ4v) is 2.49. The molecule has 2 heterocycles. The molecule has 1 fully saturated rings. The zero-order valence-electron chi connectivity index (χ0n) is 8.28. The molecule has 0 spiro atoms. The Morgan fingerprint density at radius 2 is 2.21 bits per heavy atom. The number of thiophene rings is 1. The highest BCUT2D eigenvalue weighted by Crippen LogP contribution is 2.24. The largest absolute Gasteiger partial charge is 0.386 e. The lowest BCUT2D eigenvalue weighted by molar-refractivity contribution is -0.0668. The van der Waals surface area contributed by atoms with E-state index >= 15 is 0 Å². The van der Waals surface area contributed by atoms with Crippen molar-refractivity contribution in [2.24, 2.45) is 0 Å². The third kappa shape index (κ3) is 1.55. The van der Waals surface area contributed by atoms with Crippen LogP contribution in [0.5, 0.6) is 0 Å². The standard InChI is InChI=1S/C10H13NO2S/c1-7-3-14-4-8(7)9(12)11-5-10(2,13)6-11/h3-4,13H,5-6H2,1-2H3. The molecule has 1 aromatic heterocycles. The van der Waals surface area contributed by atoms with Gasteiger partial charge in [0.25, 0.3) is 5.91 Å². The van der Waals surface area contributed by atoms with Crippen LogP contribution in [-0.4, -0.2) is 34.6 Å². The predicted octanol–water partition coefficient (Wildman–Crippen LogP) is 1.26. The molecule has 0 radical (unpaired) electrons. The van der Waals surface area contributed by atoms with E-state index in [0.717, 1.165) is 11.1 Å². The van der Waals surface area contributed by atoms with Gasteiger partial charge in [0.15, 0.2) is 0 Å². The summed E-state index contributed by atoms with van der Waals surface area (Å²) < 4.78 is 0. The van der Waals surface area contributed by atoms with Gasteiger partial charge in [0.1, 0.15) is 0 Å². The Labute approximate surface area is 87.0 Å². The molecule has 1 amide bonds. The van der Waals surface area contributed by atoms with Crippen molar-refractivity contribution in [1.29, 1.82) is 0 Å². The van der Waals surface area contributed by atoms with Gasteiger partial charge in [0.2, 0.25) is 0 Å². The van der Waals surface area contributed by atoms with Crippen molar-refractivity contribution >= 4 is 17.2 Å². The van der Waals surface area contributed by atoms with E-state index in [1.54, 1.807) is 11.8 Å². The van der Waals surface area contributed by atoms with Crippen LogP contribution < -0.4 is 0 Å². The van der Waals surface area contributed by atoms with Crippen molar-refractivity contribution in [1.82, 2.24) is 4.90 Å². The highest BCUT2D eigenvalue weighted by Gasteiger charge is 2.39. The molecule has 1 aliphatic rings. The second-order valence-corrected chi connectivity index (χ2v) is 4.87. The van der Waals surface area contributed by atoms with Gasteiger partial charge in [-0.05, 0) is 24.8 Å². The number of hydrogen-bond donors (Lipinski definition) is 1. The van der Waals surface area contributed by atoms with Gasteiger partial charge in [0, 0.05) is 5.38 Å². The number of amides is 1. The highest BCUT2D eigenvalue weighted by molar-refractivity contribution is 7.08. The van der Waals surface area contributed by atoms with Crippen LogP contribution in [0.15, 0.2) is 10.8 Å². The summed E-state index contributed by atoms with van der Waals surface area (Å²) in [6.07, 6.45) is 0. The molecule has 4 heteroatoms. The molecule has 1 saturated heterocycles. The number of likely N-dealkylation sites (tertiary alicyclic amines) is 1. The minimum Gasteiger partial charge on any atom is -0.386 e. The van der Waals surface area contributed by atoms with Gasteiger partial charge in [-0.2, -0.15) is 11.3 Å². The summed E-state index contributed by atoms with van der Waals surface area (Å²) in [6.45, 7) is 4.57. The highest BCUT2D eigenvalue weighted by atomic mass is 32.1. The summed E-state index contributed by atoms with van der Waals surface area (Å²) >= 11 is 1.54. The number of aryl methyl sites for hydroxylation is 1. The van der Waals surface area contributed by atoms with Crippen LogP contribution >= 0.6 is 11.3 Å². The molecule has 14 heavy (non-hydrogen) atoms. The summed E-state index contributed by atoms with van der Waals surface area (Å²) in [5, 5.41) is 13.3. The predicted molar refractivity (Wildman–Crippen MR) is 55.6 cm³/mol. The Kier molecular flexibility index (Phi) is 2.12. The summed E-state index contributed by atoms with van der Waals surface area (Å²) in [6, 6.07) is 0. The maximum absolute atomic E-state index is 11.8. The zero-order chi connectivity index (χ0) is 10.3. The van der Waals surface area contributed by atoms with Gasteiger partial charge >= 0.3 is 0 Å². The van der Waals surface area contributed by atoms with Crippen LogP contribution in [0, 0.1) is 6.92 Å². The maximum atomic E-state index is 11.8. The third-order valence-corrected chi connectivity index (χ3v) is 3.30. The molecule has 0 saturated carbocycles. The van der Waals surface area contributed by atoms with Crippen LogP contribution in [0.2, 0.25) is 0 Å². The zero-order valence-corrected chi connectivity index (χ0v) is 9.10. The van der Waals surface area contributed by atoms with E-state index in [1.165, 1.54) is 11.3 Å². The molecular formula is C10H13NO2S. The third-order valence-electron chi connectivity index (χ3n) is 2.44. The molecule has 0 unspecified atom stereocenters. The Morgan fingerprint density at radius 3 is 2.64 bits per heavy atom. The number of β-amino-alcohol motifs (C(OH)–C–C–N with tert-alkyl or cyclic N) is 1. The van der Waals surface area contributed by atoms with Crippen molar-refractivity contribution in [3.05, 3.63) is 21.9 Å². The number of carbonyl (C=O) groups is 1. The summed E-state index contributed by atoms with van der Waals surface area (Å²) in [5.74, 6) is 0.0373. The van der Waals surface area contributed by atoms with Crippen molar-refractivity contribution in [2.75, 3.05) is 13.1 Å². The van der Waals surface area contributed by atoms with Crippen LogP contribution in [-0.2, 0) is 0 Å². The summed E-state index contributed by atoms with van der Waals surface area (Å²) in [7, 11) is 0. The molecule has 0 aromatic carbocycles. The number of carbonyl (C=O) groups excluding carboxylic acids is 1. The Hall–Kier alpha value is -0.870. The quantitative estimate of drug-likeness (QED) is 0.759. The van der Waals surface area contributed by atoms with Crippen LogP contribution in [0.3, 0.4) is 0 Å². The Morgan fingerprint density at radius 1 is 1.57 bits per heavy atom. The molecule has 3 nitrogen and oxygen atoms in total. The van der Waals surface area contributed by atoms with E-state index in [0.29, 0.717) is 13.1 Å². The minimum absolute atomic E-state index is 0.0373. The first-order chi connectivity index (χ1) is 6.49. The normalized spacial score (nSPS) is 19.2. The molecule has 0 bridgehead atoms. The minimum atomic E-state index is -0.681. The van der Waals surface area contributed by atoms with Gasteiger partial charge in [-0.25, -0.2) is 0 Å². The smallest absolute Gasteiger partial charge is 0.255 e. The molecule has 76 valence electrons. The van der Waals surface area contributed by atoms with E-state index in [1.807, 2.05) is 17.7 Å². The maximum Gasteiger partial charge on any atom is 0.255 e. The average Bonchev–Trinajstić information content (AvgIpc) is 2.45. The molecule has 1 N–H and O–H groups in total. The van der Waals surface area contributed by atoms with Crippen molar-refractivity contribution in [2.45, 2.75) is 19.4 Å². The Bertz CT molecular complexity index is 362. The molecular weight excluding hydrogens is 198 g/mol. The molecule has 1 aromatic rings. The first-order valence-electron chi connectivity index (χ1n) is 4.54. The van der Waals surface area contributed by atoms with Crippen LogP contribution in [0.1, 0.15) is 22.8 Å². The lowest BCUT2D eigenvalue weighted by Gasteiger charge is -2.44. The molecule has 0 aliphatic carbocycles. The SMILES string of the molecule is Cc1cscc1C(=O)N1CC(C)(O)C1. The van der Waals surface area contributed by atoms with Gasteiger partial charge < -0.3 is 10.0 Å². The van der Waals surface area contributed by atoms with Gasteiger partial charge in [-0.1, -0.05) is 0 Å². The van der Waals surface area contributed by atoms with E-state index in [4.69, 9.17) is 0 Å². The van der Waals surface area contributed by atoms with Crippen LogP contribution in [0.4, 0.5) is 0 Å². The van der Waals surface area contributed by atoms with Crippen LogP contribution in [0.25, 0.3) is 0 Å². The second-order valence-electron chi connectivity index (χ2n) is 4.13. The molecule has 2 rings (SSSR count).